The smallest absolute Gasteiger partial charge is 0.471 e. The number of hydrogen-bond acceptors (Lipinski definition) is 2. The van der Waals surface area contributed by atoms with Gasteiger partial charge in [-0.2, -0.15) is 13.2 Å². The van der Waals surface area contributed by atoms with Gasteiger partial charge in [0.25, 0.3) is 0 Å². The summed E-state index contributed by atoms with van der Waals surface area (Å²) in [4.78, 5) is 22.4. The number of hydrogen-bond donors (Lipinski definition) is 1. The van der Waals surface area contributed by atoms with Crippen LogP contribution in [-0.4, -0.2) is 41.1 Å². The maximum absolute atomic E-state index is 12.3. The van der Waals surface area contributed by atoms with Gasteiger partial charge in [-0.3, -0.25) is 4.79 Å². The molecule has 8 heteroatoms. The number of nitrogens with zero attached hydrogens (tertiary/aromatic N) is 1. The fourth-order valence-corrected chi connectivity index (χ4v) is 1.84. The number of carbonyl (C=O) groups is 2. The van der Waals surface area contributed by atoms with Crippen molar-refractivity contribution in [2.45, 2.75) is 18.6 Å². The van der Waals surface area contributed by atoms with Gasteiger partial charge in [-0.25, -0.2) is 4.79 Å². The fraction of sp³-hybridized carbons (Fsp3) is 0.333. The molecule has 0 aliphatic carbocycles. The summed E-state index contributed by atoms with van der Waals surface area (Å²) in [5.74, 6) is -3.67. The van der Waals surface area contributed by atoms with Crippen LogP contribution in [0.5, 0.6) is 0 Å². The minimum Gasteiger partial charge on any atom is -0.480 e. The van der Waals surface area contributed by atoms with Gasteiger partial charge < -0.3 is 10.0 Å². The normalized spacial score (nSPS) is 12.8. The fourth-order valence-electron chi connectivity index (χ4n) is 1.58. The van der Waals surface area contributed by atoms with Gasteiger partial charge in [-0.15, -0.1) is 0 Å². The first kappa shape index (κ1) is 16.5. The van der Waals surface area contributed by atoms with E-state index in [1.54, 1.807) is 24.3 Å². The molecule has 110 valence electrons. The van der Waals surface area contributed by atoms with E-state index >= 15 is 0 Å². The molecule has 1 rings (SSSR count). The first-order valence-electron chi connectivity index (χ1n) is 5.44. The number of likely N-dealkylation sites (N-methyl/N-ethyl adjacent to an activating group) is 1. The number of aliphatic carboxylic acids is 1. The van der Waals surface area contributed by atoms with E-state index in [1.165, 1.54) is 0 Å². The molecule has 0 aromatic heterocycles. The van der Waals surface area contributed by atoms with E-state index < -0.39 is 24.1 Å². The average molecular weight is 354 g/mol. The maximum Gasteiger partial charge on any atom is 0.471 e. The van der Waals surface area contributed by atoms with Crippen molar-refractivity contribution >= 4 is 27.8 Å². The number of benzene rings is 1. The van der Waals surface area contributed by atoms with Gasteiger partial charge in [0, 0.05) is 17.9 Å². The summed E-state index contributed by atoms with van der Waals surface area (Å²) in [6.45, 7) is 0. The van der Waals surface area contributed by atoms with Crippen LogP contribution in [0.2, 0.25) is 0 Å². The van der Waals surface area contributed by atoms with Crippen LogP contribution in [0, 0.1) is 0 Å². The molecule has 1 atom stereocenters. The molecule has 1 amide bonds. The number of halogens is 4. The summed E-state index contributed by atoms with van der Waals surface area (Å²) in [7, 11) is 0.827. The summed E-state index contributed by atoms with van der Waals surface area (Å²) in [5.41, 5.74) is 0.516. The number of carboxylic acid groups (broad SMARTS) is 1. The Morgan fingerprint density at radius 3 is 2.20 bits per heavy atom. The summed E-state index contributed by atoms with van der Waals surface area (Å²) in [6.07, 6.45) is -5.30. The van der Waals surface area contributed by atoms with E-state index in [-0.39, 0.29) is 11.3 Å². The molecule has 0 aliphatic heterocycles. The van der Waals surface area contributed by atoms with E-state index in [0.717, 1.165) is 11.5 Å². The lowest BCUT2D eigenvalue weighted by Gasteiger charge is -2.25. The topological polar surface area (TPSA) is 57.6 Å². The molecule has 0 saturated carbocycles. The highest BCUT2D eigenvalue weighted by atomic mass is 79.9. The van der Waals surface area contributed by atoms with Gasteiger partial charge in [0.2, 0.25) is 0 Å². The van der Waals surface area contributed by atoms with Crippen molar-refractivity contribution in [2.24, 2.45) is 0 Å². The Labute approximate surface area is 121 Å². The molecular formula is C12H11BrF3NO3. The molecule has 0 aliphatic rings. The molecule has 1 unspecified atom stereocenters. The Morgan fingerprint density at radius 1 is 1.30 bits per heavy atom. The Hall–Kier alpha value is -1.57. The average Bonchev–Trinajstić information content (AvgIpc) is 2.35. The molecule has 1 aromatic carbocycles. The first-order chi connectivity index (χ1) is 9.12. The predicted molar refractivity (Wildman–Crippen MR) is 68.1 cm³/mol. The largest absolute Gasteiger partial charge is 0.480 e. The summed E-state index contributed by atoms with van der Waals surface area (Å²) >= 11 is 3.19. The minimum absolute atomic E-state index is 0.199. The molecule has 1 aromatic rings. The van der Waals surface area contributed by atoms with Gasteiger partial charge >= 0.3 is 18.1 Å². The lowest BCUT2D eigenvalue weighted by Crippen LogP contribution is -2.49. The highest BCUT2D eigenvalue weighted by molar-refractivity contribution is 9.10. The number of carbonyl (C=O) groups excluding carboxylic acids is 1. The van der Waals surface area contributed by atoms with Crippen molar-refractivity contribution in [3.05, 3.63) is 34.3 Å². The molecule has 0 spiro atoms. The third-order valence-electron chi connectivity index (χ3n) is 2.66. The first-order valence-corrected chi connectivity index (χ1v) is 6.23. The molecular weight excluding hydrogens is 343 g/mol. The van der Waals surface area contributed by atoms with Gasteiger partial charge in [-0.1, -0.05) is 28.1 Å². The summed E-state index contributed by atoms with van der Waals surface area (Å²) < 4.78 is 37.7. The van der Waals surface area contributed by atoms with Gasteiger partial charge in [0.15, 0.2) is 0 Å². The maximum atomic E-state index is 12.3. The number of alkyl halides is 3. The summed E-state index contributed by atoms with van der Waals surface area (Å²) in [6, 6.07) is 4.85. The van der Waals surface area contributed by atoms with Crippen molar-refractivity contribution in [3.8, 4) is 0 Å². The molecule has 4 nitrogen and oxygen atoms in total. The van der Waals surface area contributed by atoms with Crippen molar-refractivity contribution in [2.75, 3.05) is 7.05 Å². The monoisotopic (exact) mass is 353 g/mol. The lowest BCUT2D eigenvalue weighted by atomic mass is 10.0. The lowest BCUT2D eigenvalue weighted by molar-refractivity contribution is -0.188. The molecule has 1 N–H and O–H groups in total. The second kappa shape index (κ2) is 6.25. The number of amides is 1. The Morgan fingerprint density at radius 2 is 1.80 bits per heavy atom. The zero-order valence-corrected chi connectivity index (χ0v) is 11.9. The highest BCUT2D eigenvalue weighted by Crippen LogP contribution is 2.21. The van der Waals surface area contributed by atoms with Crippen molar-refractivity contribution in [3.63, 3.8) is 0 Å². The van der Waals surface area contributed by atoms with E-state index in [9.17, 15) is 22.8 Å². The second-order valence-electron chi connectivity index (χ2n) is 4.10. The number of carboxylic acids is 1. The van der Waals surface area contributed by atoms with Crippen LogP contribution in [0.25, 0.3) is 0 Å². The van der Waals surface area contributed by atoms with Crippen LogP contribution in [0.4, 0.5) is 13.2 Å². The highest BCUT2D eigenvalue weighted by Gasteiger charge is 2.44. The molecule has 20 heavy (non-hydrogen) atoms. The van der Waals surface area contributed by atoms with Crippen molar-refractivity contribution < 1.29 is 27.9 Å². The van der Waals surface area contributed by atoms with Crippen LogP contribution in [-0.2, 0) is 16.0 Å². The van der Waals surface area contributed by atoms with Crippen LogP contribution < -0.4 is 0 Å². The molecule has 0 heterocycles. The zero-order valence-electron chi connectivity index (χ0n) is 10.3. The Bertz CT molecular complexity index is 502. The second-order valence-corrected chi connectivity index (χ2v) is 5.01. The van der Waals surface area contributed by atoms with Crippen LogP contribution in [0.15, 0.2) is 28.7 Å². The van der Waals surface area contributed by atoms with Crippen molar-refractivity contribution in [1.82, 2.24) is 4.90 Å². The SMILES string of the molecule is CN(C(=O)C(F)(F)F)C(Cc1ccc(Br)cc1)C(=O)O. The summed E-state index contributed by atoms with van der Waals surface area (Å²) in [5, 5.41) is 9.00. The molecule has 0 saturated heterocycles. The minimum atomic E-state index is -5.10. The third kappa shape index (κ3) is 4.22. The standard InChI is InChI=1S/C12H11BrF3NO3/c1-17(11(20)12(14,15)16)9(10(18)19)6-7-2-4-8(13)5-3-7/h2-5,9H,6H2,1H3,(H,18,19). The Kier molecular flexibility index (Phi) is 5.15. The van der Waals surface area contributed by atoms with E-state index in [1.807, 2.05) is 0 Å². The molecule has 0 bridgehead atoms. The number of rotatable bonds is 4. The van der Waals surface area contributed by atoms with Gasteiger partial charge in [0.1, 0.15) is 6.04 Å². The van der Waals surface area contributed by atoms with Crippen LogP contribution >= 0.6 is 15.9 Å². The van der Waals surface area contributed by atoms with E-state index in [0.29, 0.717) is 5.56 Å². The molecule has 0 fully saturated rings. The van der Waals surface area contributed by atoms with Gasteiger partial charge in [0.05, 0.1) is 0 Å². The Balaban J connectivity index is 2.92. The van der Waals surface area contributed by atoms with E-state index in [4.69, 9.17) is 5.11 Å². The predicted octanol–water partition coefficient (Wildman–Crippen LogP) is 2.47. The zero-order chi connectivity index (χ0) is 15.5. The van der Waals surface area contributed by atoms with Gasteiger partial charge in [-0.05, 0) is 17.7 Å². The quantitative estimate of drug-likeness (QED) is 0.904. The van der Waals surface area contributed by atoms with Crippen LogP contribution in [0.1, 0.15) is 5.56 Å². The third-order valence-corrected chi connectivity index (χ3v) is 3.19. The van der Waals surface area contributed by atoms with Crippen LogP contribution in [0.3, 0.4) is 0 Å². The van der Waals surface area contributed by atoms with E-state index in [2.05, 4.69) is 15.9 Å². The van der Waals surface area contributed by atoms with Crippen molar-refractivity contribution in [1.29, 1.82) is 0 Å². The molecule has 0 radical (unpaired) electrons.